The molecule has 0 N–H and O–H groups in total. The monoisotopic (exact) mass is 518 g/mol. The minimum Gasteiger partial charge on any atom is -0.395 e. The average molecular weight is 518 g/mol. The Labute approximate surface area is 214 Å². The van der Waals surface area contributed by atoms with E-state index in [1.165, 1.54) is 48.5 Å². The van der Waals surface area contributed by atoms with E-state index in [0.29, 0.717) is 11.5 Å². The lowest BCUT2D eigenvalue weighted by atomic mass is 10.3. The molecule has 12 heteroatoms. The molecule has 0 aliphatic heterocycles. The van der Waals surface area contributed by atoms with Gasteiger partial charge in [0.05, 0.1) is 9.85 Å². The number of carbonyl (C=O) groups excluding carboxylic acids is 2. The molecule has 0 aromatic heterocycles. The number of benzene rings is 4. The number of hydrogen-bond acceptors (Lipinski definition) is 10. The van der Waals surface area contributed by atoms with Gasteiger partial charge in [-0.15, -0.1) is 0 Å². The third kappa shape index (κ3) is 8.16. The molecule has 0 spiro atoms. The van der Waals surface area contributed by atoms with Gasteiger partial charge in [0.1, 0.15) is 11.5 Å². The van der Waals surface area contributed by atoms with Gasteiger partial charge in [-0.25, -0.2) is 9.59 Å². The van der Waals surface area contributed by atoms with Crippen molar-refractivity contribution in [2.75, 3.05) is 0 Å². The van der Waals surface area contributed by atoms with Crippen LogP contribution in [0, 0.1) is 20.2 Å². The van der Waals surface area contributed by atoms with E-state index in [1.54, 1.807) is 60.7 Å². The van der Waals surface area contributed by atoms with Crippen molar-refractivity contribution in [1.82, 2.24) is 0 Å². The lowest BCUT2D eigenvalue weighted by Crippen LogP contribution is -2.14. The standard InChI is InChI=1S/2C13H9NO5/c2*15-13(18-10-6-2-1-3-7-10)19-12-9-5-4-8-11(12)14(16)17/h2*1-9H. The molecule has 0 unspecified atom stereocenters. The summed E-state index contributed by atoms with van der Waals surface area (Å²) in [7, 11) is 0. The fraction of sp³-hybridized carbons (Fsp3) is 0. The molecule has 0 aliphatic carbocycles. The highest BCUT2D eigenvalue weighted by Gasteiger charge is 2.19. The van der Waals surface area contributed by atoms with Gasteiger partial charge in [-0.1, -0.05) is 60.7 Å². The molecule has 0 radical (unpaired) electrons. The van der Waals surface area contributed by atoms with E-state index in [4.69, 9.17) is 18.9 Å². The van der Waals surface area contributed by atoms with Crippen LogP contribution in [0.15, 0.2) is 109 Å². The molecule has 0 atom stereocenters. The number of nitrogens with zero attached hydrogens (tertiary/aromatic N) is 2. The molecular formula is C26H18N2O10. The van der Waals surface area contributed by atoms with Crippen LogP contribution in [0.3, 0.4) is 0 Å². The number of nitro groups is 2. The van der Waals surface area contributed by atoms with Crippen LogP contribution < -0.4 is 18.9 Å². The molecule has 4 aromatic rings. The van der Waals surface area contributed by atoms with Crippen LogP contribution in [0.1, 0.15) is 0 Å². The van der Waals surface area contributed by atoms with Gasteiger partial charge in [0, 0.05) is 12.1 Å². The van der Waals surface area contributed by atoms with E-state index in [1.807, 2.05) is 0 Å². The van der Waals surface area contributed by atoms with Crippen molar-refractivity contribution in [3.05, 3.63) is 129 Å². The zero-order chi connectivity index (χ0) is 27.3. The summed E-state index contributed by atoms with van der Waals surface area (Å²) in [5.74, 6) is 0.277. The van der Waals surface area contributed by atoms with Crippen molar-refractivity contribution in [3.8, 4) is 23.0 Å². The first-order valence-corrected chi connectivity index (χ1v) is 10.7. The Morgan fingerprint density at radius 2 is 0.789 bits per heavy atom. The predicted molar refractivity (Wildman–Crippen MR) is 132 cm³/mol. The molecule has 0 saturated carbocycles. The minimum absolute atomic E-state index is 0.159. The van der Waals surface area contributed by atoms with Crippen molar-refractivity contribution >= 4 is 23.7 Å². The Balaban J connectivity index is 0.000000211. The molecule has 0 fully saturated rings. The van der Waals surface area contributed by atoms with E-state index in [2.05, 4.69) is 0 Å². The number of para-hydroxylation sites is 6. The SMILES string of the molecule is O=C(Oc1ccccc1)Oc1ccccc1[N+](=O)[O-].O=C(Oc1ccccc1)Oc1ccccc1[N+](=O)[O-]. The van der Waals surface area contributed by atoms with Crippen molar-refractivity contribution in [1.29, 1.82) is 0 Å². The topological polar surface area (TPSA) is 157 Å². The molecule has 192 valence electrons. The highest BCUT2D eigenvalue weighted by molar-refractivity contribution is 5.69. The van der Waals surface area contributed by atoms with Crippen LogP contribution in [0.4, 0.5) is 21.0 Å². The predicted octanol–water partition coefficient (Wildman–Crippen LogP) is 6.35. The molecule has 0 aliphatic rings. The van der Waals surface area contributed by atoms with Crippen LogP contribution in [0.25, 0.3) is 0 Å². The number of ether oxygens (including phenoxy) is 4. The zero-order valence-electron chi connectivity index (χ0n) is 19.4. The molecule has 4 rings (SSSR count). The van der Waals surface area contributed by atoms with Gasteiger partial charge in [0.15, 0.2) is 0 Å². The third-order valence-electron chi connectivity index (χ3n) is 4.40. The molecular weight excluding hydrogens is 500 g/mol. The van der Waals surface area contributed by atoms with Gasteiger partial charge < -0.3 is 18.9 Å². The average Bonchev–Trinajstić information content (AvgIpc) is 2.90. The Bertz CT molecular complexity index is 1300. The summed E-state index contributed by atoms with van der Waals surface area (Å²) in [5, 5.41) is 21.5. The smallest absolute Gasteiger partial charge is 0.395 e. The summed E-state index contributed by atoms with van der Waals surface area (Å²) in [6, 6.07) is 27.7. The summed E-state index contributed by atoms with van der Waals surface area (Å²) in [6.45, 7) is 0. The van der Waals surface area contributed by atoms with Crippen molar-refractivity contribution < 1.29 is 38.4 Å². The van der Waals surface area contributed by atoms with Gasteiger partial charge in [-0.05, 0) is 36.4 Å². The Morgan fingerprint density at radius 1 is 0.474 bits per heavy atom. The third-order valence-corrected chi connectivity index (χ3v) is 4.40. The lowest BCUT2D eigenvalue weighted by molar-refractivity contribution is -0.385. The van der Waals surface area contributed by atoms with E-state index < -0.39 is 22.2 Å². The first-order valence-electron chi connectivity index (χ1n) is 10.7. The van der Waals surface area contributed by atoms with E-state index in [-0.39, 0.29) is 22.9 Å². The van der Waals surface area contributed by atoms with Gasteiger partial charge in [-0.2, -0.15) is 0 Å². The summed E-state index contributed by atoms with van der Waals surface area (Å²) >= 11 is 0. The number of nitro benzene ring substituents is 2. The molecule has 4 aromatic carbocycles. The highest BCUT2D eigenvalue weighted by Crippen LogP contribution is 2.27. The zero-order valence-corrected chi connectivity index (χ0v) is 19.4. The maximum Gasteiger partial charge on any atom is 0.519 e. The van der Waals surface area contributed by atoms with Gasteiger partial charge >= 0.3 is 23.7 Å². The largest absolute Gasteiger partial charge is 0.519 e. The van der Waals surface area contributed by atoms with Crippen LogP contribution in [-0.2, 0) is 0 Å². The normalized spacial score (nSPS) is 9.68. The summed E-state index contributed by atoms with van der Waals surface area (Å²) < 4.78 is 19.4. The minimum atomic E-state index is -1.03. The number of carbonyl (C=O) groups is 2. The van der Waals surface area contributed by atoms with Crippen molar-refractivity contribution in [2.45, 2.75) is 0 Å². The van der Waals surface area contributed by atoms with Gasteiger partial charge in [0.25, 0.3) is 0 Å². The second kappa shape index (κ2) is 13.3. The number of hydrogen-bond donors (Lipinski definition) is 0. The Hall–Kier alpha value is -5.78. The second-order valence-corrected chi connectivity index (χ2v) is 6.98. The van der Waals surface area contributed by atoms with E-state index >= 15 is 0 Å². The van der Waals surface area contributed by atoms with Crippen LogP contribution >= 0.6 is 0 Å². The van der Waals surface area contributed by atoms with Crippen LogP contribution in [-0.4, -0.2) is 22.2 Å². The van der Waals surface area contributed by atoms with E-state index in [0.717, 1.165) is 0 Å². The molecule has 12 nitrogen and oxygen atoms in total. The maximum atomic E-state index is 11.5. The molecule has 0 saturated heterocycles. The lowest BCUT2D eigenvalue weighted by Gasteiger charge is -2.05. The number of rotatable bonds is 6. The fourth-order valence-corrected chi connectivity index (χ4v) is 2.78. The highest BCUT2D eigenvalue weighted by atomic mass is 16.7. The molecule has 0 amide bonds. The first kappa shape index (κ1) is 26.8. The summed E-state index contributed by atoms with van der Waals surface area (Å²) in [4.78, 5) is 43.2. The van der Waals surface area contributed by atoms with Crippen LogP contribution in [0.2, 0.25) is 0 Å². The molecule has 38 heavy (non-hydrogen) atoms. The van der Waals surface area contributed by atoms with Crippen molar-refractivity contribution in [2.24, 2.45) is 0 Å². The van der Waals surface area contributed by atoms with Crippen molar-refractivity contribution in [3.63, 3.8) is 0 Å². The molecule has 0 heterocycles. The summed E-state index contributed by atoms with van der Waals surface area (Å²) in [6.07, 6.45) is -2.05. The summed E-state index contributed by atoms with van der Waals surface area (Å²) in [5.41, 5.74) is -0.597. The van der Waals surface area contributed by atoms with E-state index in [9.17, 15) is 29.8 Å². The maximum absolute atomic E-state index is 11.5. The Kier molecular flexibility index (Phi) is 9.42. The van der Waals surface area contributed by atoms with Gasteiger partial charge in [0.2, 0.25) is 11.5 Å². The molecule has 0 bridgehead atoms. The van der Waals surface area contributed by atoms with Gasteiger partial charge in [-0.3, -0.25) is 20.2 Å². The second-order valence-electron chi connectivity index (χ2n) is 6.98. The first-order chi connectivity index (χ1) is 18.3. The Morgan fingerprint density at radius 3 is 1.13 bits per heavy atom. The quantitative estimate of drug-likeness (QED) is 0.122. The van der Waals surface area contributed by atoms with Crippen LogP contribution in [0.5, 0.6) is 23.0 Å². The fourth-order valence-electron chi connectivity index (χ4n) is 2.78.